The molecule has 0 saturated carbocycles. The van der Waals surface area contributed by atoms with Crippen LogP contribution in [0.25, 0.3) is 0 Å². The standard InChI is InChI=1S/C19H17Cl2N3O3/c1-12(27-14-8-6-13(10-22)7-9-14)19(26)24(2)11-17(25)23-18-15(20)4-3-5-16(18)21/h3-9,12H,11H2,1-2H3,(H,23,25). The number of carbonyl (C=O) groups is 2. The number of nitrogens with one attached hydrogen (secondary N) is 1. The molecule has 2 aromatic rings. The number of hydrogen-bond acceptors (Lipinski definition) is 4. The second kappa shape index (κ2) is 9.26. The molecule has 27 heavy (non-hydrogen) atoms. The first-order chi connectivity index (χ1) is 12.8. The smallest absolute Gasteiger partial charge is 0.263 e. The van der Waals surface area contributed by atoms with Crippen molar-refractivity contribution in [2.75, 3.05) is 18.9 Å². The summed E-state index contributed by atoms with van der Waals surface area (Å²) in [4.78, 5) is 25.8. The Bertz CT molecular complexity index is 859. The molecule has 0 radical (unpaired) electrons. The van der Waals surface area contributed by atoms with E-state index >= 15 is 0 Å². The molecule has 1 N–H and O–H groups in total. The van der Waals surface area contributed by atoms with Crippen LogP contribution in [0.15, 0.2) is 42.5 Å². The molecule has 0 fully saturated rings. The first-order valence-electron chi connectivity index (χ1n) is 7.97. The fourth-order valence-electron chi connectivity index (χ4n) is 2.26. The van der Waals surface area contributed by atoms with Crippen LogP contribution in [0.3, 0.4) is 0 Å². The number of anilines is 1. The lowest BCUT2D eigenvalue weighted by molar-refractivity contribution is -0.139. The summed E-state index contributed by atoms with van der Waals surface area (Å²) in [5, 5.41) is 12.0. The van der Waals surface area contributed by atoms with Crippen molar-refractivity contribution >= 4 is 40.7 Å². The molecule has 0 heterocycles. The van der Waals surface area contributed by atoms with E-state index in [1.54, 1.807) is 49.4 Å². The third-order valence-electron chi connectivity index (χ3n) is 3.63. The molecule has 140 valence electrons. The predicted molar refractivity (Wildman–Crippen MR) is 104 cm³/mol. The number of hydrogen-bond donors (Lipinski definition) is 1. The lowest BCUT2D eigenvalue weighted by Gasteiger charge is -2.22. The number of nitriles is 1. The van der Waals surface area contributed by atoms with Crippen LogP contribution >= 0.6 is 23.2 Å². The zero-order chi connectivity index (χ0) is 20.0. The van der Waals surface area contributed by atoms with Crippen LogP contribution < -0.4 is 10.1 Å². The maximum absolute atomic E-state index is 12.4. The van der Waals surface area contributed by atoms with Crippen LogP contribution in [-0.2, 0) is 9.59 Å². The van der Waals surface area contributed by atoms with Crippen LogP contribution in [0.4, 0.5) is 5.69 Å². The number of likely N-dealkylation sites (N-methyl/N-ethyl adjacent to an activating group) is 1. The molecular formula is C19H17Cl2N3O3. The highest BCUT2D eigenvalue weighted by molar-refractivity contribution is 6.39. The fraction of sp³-hybridized carbons (Fsp3) is 0.211. The number of rotatable bonds is 6. The predicted octanol–water partition coefficient (Wildman–Crippen LogP) is 3.73. The van der Waals surface area contributed by atoms with Gasteiger partial charge in [0.15, 0.2) is 6.10 Å². The summed E-state index contributed by atoms with van der Waals surface area (Å²) in [6.07, 6.45) is -0.806. The lowest BCUT2D eigenvalue weighted by atomic mass is 10.2. The molecule has 0 bridgehead atoms. The second-order valence-electron chi connectivity index (χ2n) is 5.74. The van der Waals surface area contributed by atoms with E-state index in [0.717, 1.165) is 0 Å². The summed E-state index contributed by atoms with van der Waals surface area (Å²) in [6.45, 7) is 1.39. The van der Waals surface area contributed by atoms with E-state index in [9.17, 15) is 9.59 Å². The number of para-hydroxylation sites is 1. The van der Waals surface area contributed by atoms with Gasteiger partial charge in [-0.25, -0.2) is 0 Å². The van der Waals surface area contributed by atoms with Crippen LogP contribution in [0.1, 0.15) is 12.5 Å². The Morgan fingerprint density at radius 2 is 1.78 bits per heavy atom. The first-order valence-corrected chi connectivity index (χ1v) is 8.73. The van der Waals surface area contributed by atoms with Crippen molar-refractivity contribution in [1.82, 2.24) is 4.90 Å². The van der Waals surface area contributed by atoms with Crippen LogP contribution in [0.2, 0.25) is 10.0 Å². The highest BCUT2D eigenvalue weighted by atomic mass is 35.5. The fourth-order valence-corrected chi connectivity index (χ4v) is 2.75. The lowest BCUT2D eigenvalue weighted by Crippen LogP contribution is -2.42. The van der Waals surface area contributed by atoms with E-state index in [1.165, 1.54) is 11.9 Å². The molecule has 0 aromatic heterocycles. The van der Waals surface area contributed by atoms with Gasteiger partial charge in [0.2, 0.25) is 5.91 Å². The normalized spacial score (nSPS) is 11.2. The third-order valence-corrected chi connectivity index (χ3v) is 4.26. The van der Waals surface area contributed by atoms with Crippen molar-refractivity contribution in [2.24, 2.45) is 0 Å². The molecule has 1 atom stereocenters. The van der Waals surface area contributed by atoms with Crippen LogP contribution in [0.5, 0.6) is 5.75 Å². The van der Waals surface area contributed by atoms with Gasteiger partial charge in [0.1, 0.15) is 5.75 Å². The summed E-state index contributed by atoms with van der Waals surface area (Å²) >= 11 is 12.0. The summed E-state index contributed by atoms with van der Waals surface area (Å²) in [6, 6.07) is 13.3. The minimum atomic E-state index is -0.806. The Morgan fingerprint density at radius 1 is 1.19 bits per heavy atom. The highest BCUT2D eigenvalue weighted by Gasteiger charge is 2.21. The molecule has 1 unspecified atom stereocenters. The Kier molecular flexibility index (Phi) is 7.05. The molecule has 6 nitrogen and oxygen atoms in total. The zero-order valence-electron chi connectivity index (χ0n) is 14.7. The Balaban J connectivity index is 1.93. The van der Waals surface area contributed by atoms with E-state index in [-0.39, 0.29) is 12.5 Å². The minimum absolute atomic E-state index is 0.193. The molecule has 2 aromatic carbocycles. The van der Waals surface area contributed by atoms with Crippen molar-refractivity contribution in [3.63, 3.8) is 0 Å². The second-order valence-corrected chi connectivity index (χ2v) is 6.55. The number of amides is 2. The van der Waals surface area contributed by atoms with Crippen molar-refractivity contribution < 1.29 is 14.3 Å². The van der Waals surface area contributed by atoms with E-state index in [0.29, 0.717) is 27.0 Å². The summed E-state index contributed by atoms with van der Waals surface area (Å²) in [5.74, 6) is -0.360. The Morgan fingerprint density at radius 3 is 2.33 bits per heavy atom. The zero-order valence-corrected chi connectivity index (χ0v) is 16.2. The molecule has 2 amide bonds. The van der Waals surface area contributed by atoms with E-state index in [4.69, 9.17) is 33.2 Å². The third kappa shape index (κ3) is 5.61. The summed E-state index contributed by atoms with van der Waals surface area (Å²) < 4.78 is 5.56. The molecule has 0 saturated heterocycles. The van der Waals surface area contributed by atoms with Gasteiger partial charge in [0.25, 0.3) is 5.91 Å². The van der Waals surface area contributed by atoms with Gasteiger partial charge in [-0.2, -0.15) is 5.26 Å². The average Bonchev–Trinajstić information content (AvgIpc) is 2.64. The summed E-state index contributed by atoms with van der Waals surface area (Å²) in [5.41, 5.74) is 0.793. The van der Waals surface area contributed by atoms with Gasteiger partial charge in [-0.05, 0) is 43.3 Å². The van der Waals surface area contributed by atoms with Gasteiger partial charge in [-0.1, -0.05) is 29.3 Å². The number of halogens is 2. The van der Waals surface area contributed by atoms with Gasteiger partial charge >= 0.3 is 0 Å². The SMILES string of the molecule is CC(Oc1ccc(C#N)cc1)C(=O)N(C)CC(=O)Nc1c(Cl)cccc1Cl. The minimum Gasteiger partial charge on any atom is -0.481 e. The van der Waals surface area contributed by atoms with Crippen LogP contribution in [0, 0.1) is 11.3 Å². The van der Waals surface area contributed by atoms with Crippen molar-refractivity contribution in [1.29, 1.82) is 5.26 Å². The van der Waals surface area contributed by atoms with Gasteiger partial charge in [-0.3, -0.25) is 9.59 Å². The highest BCUT2D eigenvalue weighted by Crippen LogP contribution is 2.29. The van der Waals surface area contributed by atoms with Gasteiger partial charge in [-0.15, -0.1) is 0 Å². The van der Waals surface area contributed by atoms with Gasteiger partial charge in [0.05, 0.1) is 33.9 Å². The monoisotopic (exact) mass is 405 g/mol. The number of nitrogens with zero attached hydrogens (tertiary/aromatic N) is 2. The maximum Gasteiger partial charge on any atom is 0.263 e. The summed E-state index contributed by atoms with van der Waals surface area (Å²) in [7, 11) is 1.49. The van der Waals surface area contributed by atoms with Crippen molar-refractivity contribution in [3.05, 3.63) is 58.1 Å². The van der Waals surface area contributed by atoms with Crippen molar-refractivity contribution in [2.45, 2.75) is 13.0 Å². The Labute approximate surface area is 167 Å². The molecule has 0 aliphatic rings. The van der Waals surface area contributed by atoms with E-state index in [1.807, 2.05) is 6.07 Å². The first kappa shape index (κ1) is 20.6. The average molecular weight is 406 g/mol. The van der Waals surface area contributed by atoms with Gasteiger partial charge in [0, 0.05) is 7.05 Å². The number of carbonyl (C=O) groups excluding carboxylic acids is 2. The number of ether oxygens (including phenoxy) is 1. The van der Waals surface area contributed by atoms with Crippen LogP contribution in [-0.4, -0.2) is 36.4 Å². The Hall–Kier alpha value is -2.75. The molecule has 8 heteroatoms. The molecule has 0 aliphatic heterocycles. The topological polar surface area (TPSA) is 82.4 Å². The van der Waals surface area contributed by atoms with E-state index in [2.05, 4.69) is 5.32 Å². The molecule has 0 aliphatic carbocycles. The largest absolute Gasteiger partial charge is 0.481 e. The quantitative estimate of drug-likeness (QED) is 0.793. The molecule has 2 rings (SSSR count). The van der Waals surface area contributed by atoms with Crippen molar-refractivity contribution in [3.8, 4) is 11.8 Å². The van der Waals surface area contributed by atoms with Gasteiger partial charge < -0.3 is 15.0 Å². The maximum atomic E-state index is 12.4. The van der Waals surface area contributed by atoms with E-state index < -0.39 is 12.0 Å². The molecular weight excluding hydrogens is 389 g/mol. The number of benzene rings is 2. The molecule has 0 spiro atoms.